The molecule has 2 nitrogen and oxygen atoms in total. The van der Waals surface area contributed by atoms with E-state index in [1.807, 2.05) is 0 Å². The van der Waals surface area contributed by atoms with Gasteiger partial charge in [-0.15, -0.1) is 0 Å². The zero-order valence-electron chi connectivity index (χ0n) is 9.08. The summed E-state index contributed by atoms with van der Waals surface area (Å²) in [5.41, 5.74) is 0.365. The molecule has 0 aliphatic rings. The lowest BCUT2D eigenvalue weighted by Gasteiger charge is -2.05. The third kappa shape index (κ3) is 3.05. The molecule has 0 atom stereocenters. The normalized spacial score (nSPS) is 10.2. The number of carbonyl (C=O) groups is 1. The maximum Gasteiger partial charge on any atom is 0.255 e. The van der Waals surface area contributed by atoms with E-state index in [0.717, 1.165) is 12.1 Å². The Morgan fingerprint density at radius 1 is 1.06 bits per heavy atom. The van der Waals surface area contributed by atoms with Crippen molar-refractivity contribution >= 4 is 23.2 Å². The molecule has 2 aromatic rings. The largest absolute Gasteiger partial charge is 0.322 e. The van der Waals surface area contributed by atoms with Crippen LogP contribution in [0.1, 0.15) is 10.4 Å². The predicted molar refractivity (Wildman–Crippen MR) is 65.8 cm³/mol. The van der Waals surface area contributed by atoms with Gasteiger partial charge in [0.1, 0.15) is 11.6 Å². The fraction of sp³-hybridized carbons (Fsp3) is 0. The maximum absolute atomic E-state index is 13.0. The quantitative estimate of drug-likeness (QED) is 0.879. The van der Waals surface area contributed by atoms with Crippen LogP contribution in [0.3, 0.4) is 0 Å². The molecule has 0 bridgehead atoms. The topological polar surface area (TPSA) is 29.1 Å². The van der Waals surface area contributed by atoms with E-state index < -0.39 is 17.5 Å². The molecular weight excluding hydrogens is 260 g/mol. The Labute approximate surface area is 107 Å². The molecule has 2 rings (SSSR count). The number of hydrogen-bond donors (Lipinski definition) is 1. The van der Waals surface area contributed by atoms with E-state index in [-0.39, 0.29) is 5.56 Å². The molecule has 1 N–H and O–H groups in total. The van der Waals surface area contributed by atoms with Gasteiger partial charge in [0.25, 0.3) is 5.91 Å². The number of rotatable bonds is 2. The van der Waals surface area contributed by atoms with Crippen molar-refractivity contribution in [2.45, 2.75) is 0 Å². The summed E-state index contributed by atoms with van der Waals surface area (Å²) < 4.78 is 25.9. The smallest absolute Gasteiger partial charge is 0.255 e. The zero-order chi connectivity index (χ0) is 13.1. The first-order valence-electron chi connectivity index (χ1n) is 5.07. The van der Waals surface area contributed by atoms with Crippen LogP contribution in [0.5, 0.6) is 0 Å². The van der Waals surface area contributed by atoms with Gasteiger partial charge in [0, 0.05) is 22.3 Å². The van der Waals surface area contributed by atoms with Crippen LogP contribution in [0, 0.1) is 11.6 Å². The average molecular weight is 268 g/mol. The van der Waals surface area contributed by atoms with Crippen LogP contribution < -0.4 is 5.32 Å². The van der Waals surface area contributed by atoms with Crippen LogP contribution in [0.2, 0.25) is 5.02 Å². The van der Waals surface area contributed by atoms with Crippen LogP contribution >= 0.6 is 11.6 Å². The van der Waals surface area contributed by atoms with Crippen LogP contribution in [0.4, 0.5) is 14.5 Å². The molecule has 0 aliphatic heterocycles. The minimum Gasteiger partial charge on any atom is -0.322 e. The highest BCUT2D eigenvalue weighted by Crippen LogP contribution is 2.16. The Kier molecular flexibility index (Phi) is 3.58. The van der Waals surface area contributed by atoms with Gasteiger partial charge in [-0.1, -0.05) is 17.7 Å². The van der Waals surface area contributed by atoms with Gasteiger partial charge >= 0.3 is 0 Å². The van der Waals surface area contributed by atoms with E-state index >= 15 is 0 Å². The molecule has 2 aromatic carbocycles. The second kappa shape index (κ2) is 5.14. The second-order valence-electron chi connectivity index (χ2n) is 3.62. The third-order valence-electron chi connectivity index (χ3n) is 2.21. The van der Waals surface area contributed by atoms with E-state index in [1.54, 1.807) is 18.2 Å². The molecule has 0 unspecified atom stereocenters. The predicted octanol–water partition coefficient (Wildman–Crippen LogP) is 3.87. The summed E-state index contributed by atoms with van der Waals surface area (Å²) >= 11 is 5.75. The molecule has 0 fully saturated rings. The summed E-state index contributed by atoms with van der Waals surface area (Å²) in [7, 11) is 0. The number of halogens is 3. The van der Waals surface area contributed by atoms with Gasteiger partial charge in [0.2, 0.25) is 0 Å². The number of nitrogens with one attached hydrogen (secondary N) is 1. The molecule has 0 saturated heterocycles. The van der Waals surface area contributed by atoms with E-state index in [2.05, 4.69) is 5.32 Å². The van der Waals surface area contributed by atoms with Crippen molar-refractivity contribution < 1.29 is 13.6 Å². The molecule has 0 heterocycles. The van der Waals surface area contributed by atoms with Gasteiger partial charge in [0.05, 0.1) is 0 Å². The van der Waals surface area contributed by atoms with Gasteiger partial charge in [-0.2, -0.15) is 0 Å². The lowest BCUT2D eigenvalue weighted by atomic mass is 10.2. The van der Waals surface area contributed by atoms with Gasteiger partial charge in [-0.05, 0) is 30.3 Å². The second-order valence-corrected chi connectivity index (χ2v) is 4.06. The molecule has 0 aromatic heterocycles. The van der Waals surface area contributed by atoms with E-state index in [0.29, 0.717) is 16.8 Å². The molecular formula is C13H8ClF2NO. The van der Waals surface area contributed by atoms with E-state index in [1.165, 1.54) is 6.07 Å². The van der Waals surface area contributed by atoms with Crippen molar-refractivity contribution in [1.82, 2.24) is 0 Å². The lowest BCUT2D eigenvalue weighted by molar-refractivity contribution is 0.102. The molecule has 0 spiro atoms. The fourth-order valence-electron chi connectivity index (χ4n) is 1.45. The van der Waals surface area contributed by atoms with Crippen LogP contribution in [0.25, 0.3) is 0 Å². The Balaban J connectivity index is 2.22. The van der Waals surface area contributed by atoms with Crippen molar-refractivity contribution in [3.63, 3.8) is 0 Å². The third-order valence-corrected chi connectivity index (χ3v) is 2.44. The summed E-state index contributed by atoms with van der Waals surface area (Å²) in [6.45, 7) is 0. The first kappa shape index (κ1) is 12.5. The minimum atomic E-state index is -0.800. The lowest BCUT2D eigenvalue weighted by Crippen LogP contribution is -2.12. The monoisotopic (exact) mass is 267 g/mol. The number of carbonyl (C=O) groups excluding carboxylic acids is 1. The van der Waals surface area contributed by atoms with Crippen molar-refractivity contribution in [3.05, 3.63) is 64.7 Å². The summed E-state index contributed by atoms with van der Waals surface area (Å²) in [5, 5.41) is 2.95. The molecule has 5 heteroatoms. The molecule has 0 radical (unpaired) electrons. The van der Waals surface area contributed by atoms with E-state index in [4.69, 9.17) is 11.6 Å². The SMILES string of the molecule is O=C(Nc1cccc(Cl)c1)c1cc(F)cc(F)c1. The first-order valence-corrected chi connectivity index (χ1v) is 5.45. The Morgan fingerprint density at radius 2 is 1.72 bits per heavy atom. The molecule has 0 aliphatic carbocycles. The highest BCUT2D eigenvalue weighted by Gasteiger charge is 2.09. The summed E-state index contributed by atoms with van der Waals surface area (Å²) in [6.07, 6.45) is 0. The molecule has 92 valence electrons. The average Bonchev–Trinajstić information content (AvgIpc) is 2.27. The van der Waals surface area contributed by atoms with Crippen LogP contribution in [-0.2, 0) is 0 Å². The Bertz CT molecular complexity index is 581. The maximum atomic E-state index is 13.0. The van der Waals surface area contributed by atoms with Crippen molar-refractivity contribution in [2.24, 2.45) is 0 Å². The number of amides is 1. The zero-order valence-corrected chi connectivity index (χ0v) is 9.84. The van der Waals surface area contributed by atoms with Crippen molar-refractivity contribution in [2.75, 3.05) is 5.32 Å². The van der Waals surface area contributed by atoms with Gasteiger partial charge in [-0.3, -0.25) is 4.79 Å². The highest BCUT2D eigenvalue weighted by atomic mass is 35.5. The minimum absolute atomic E-state index is 0.0903. The van der Waals surface area contributed by atoms with Crippen molar-refractivity contribution in [1.29, 1.82) is 0 Å². The first-order chi connectivity index (χ1) is 8.54. The molecule has 1 amide bonds. The van der Waals surface area contributed by atoms with Gasteiger partial charge in [-0.25, -0.2) is 8.78 Å². The summed E-state index contributed by atoms with van der Waals surface area (Å²) in [6, 6.07) is 9.10. The fourth-order valence-corrected chi connectivity index (χ4v) is 1.64. The molecule has 18 heavy (non-hydrogen) atoms. The standard InChI is InChI=1S/C13H8ClF2NO/c14-9-2-1-3-12(6-9)17-13(18)8-4-10(15)7-11(16)5-8/h1-7H,(H,17,18). The van der Waals surface area contributed by atoms with Gasteiger partial charge in [0.15, 0.2) is 0 Å². The summed E-state index contributed by atoms with van der Waals surface area (Å²) in [5.74, 6) is -2.20. The van der Waals surface area contributed by atoms with Crippen LogP contribution in [-0.4, -0.2) is 5.91 Å². The molecule has 0 saturated carbocycles. The number of anilines is 1. The Hall–Kier alpha value is -1.94. The van der Waals surface area contributed by atoms with Gasteiger partial charge < -0.3 is 5.32 Å². The highest BCUT2D eigenvalue weighted by molar-refractivity contribution is 6.30. The van der Waals surface area contributed by atoms with E-state index in [9.17, 15) is 13.6 Å². The number of hydrogen-bond acceptors (Lipinski definition) is 1. The summed E-state index contributed by atoms with van der Waals surface area (Å²) in [4.78, 5) is 11.7. The Morgan fingerprint density at radius 3 is 2.33 bits per heavy atom. The number of benzene rings is 2. The van der Waals surface area contributed by atoms with Crippen LogP contribution in [0.15, 0.2) is 42.5 Å². The van der Waals surface area contributed by atoms with Crippen molar-refractivity contribution in [3.8, 4) is 0 Å².